The average molecular weight is 505 g/mol. The van der Waals surface area contributed by atoms with E-state index < -0.39 is 29.6 Å². The number of aromatic carboxylic acids is 1. The molecule has 0 unspecified atom stereocenters. The molecule has 1 fully saturated rings. The minimum atomic E-state index is -1.05. The quantitative estimate of drug-likeness (QED) is 0.423. The topological polar surface area (TPSA) is 117 Å². The second kappa shape index (κ2) is 9.87. The Labute approximate surface area is 212 Å². The Hall–Kier alpha value is -4.11. The van der Waals surface area contributed by atoms with Crippen molar-refractivity contribution in [2.45, 2.75) is 27.7 Å². The van der Waals surface area contributed by atoms with E-state index in [1.807, 2.05) is 39.8 Å². The fraction of sp³-hybridized carbons (Fsp3) is 0.185. The van der Waals surface area contributed by atoms with Crippen LogP contribution in [0.25, 0.3) is 17.4 Å². The minimum Gasteiger partial charge on any atom is -0.478 e. The van der Waals surface area contributed by atoms with Gasteiger partial charge in [-0.05, 0) is 80.4 Å². The second-order valence-corrected chi connectivity index (χ2v) is 9.62. The molecular weight excluding hydrogens is 480 g/mol. The summed E-state index contributed by atoms with van der Waals surface area (Å²) >= 11 is 0.729. The molecule has 0 radical (unpaired) electrons. The van der Waals surface area contributed by atoms with Crippen molar-refractivity contribution >= 4 is 46.5 Å². The van der Waals surface area contributed by atoms with Gasteiger partial charge >= 0.3 is 5.97 Å². The molecular formula is C27H24N2O6S. The first-order valence-electron chi connectivity index (χ1n) is 11.1. The Morgan fingerprint density at radius 3 is 2.36 bits per heavy atom. The lowest BCUT2D eigenvalue weighted by atomic mass is 10.0. The van der Waals surface area contributed by atoms with Crippen LogP contribution in [0.15, 0.2) is 51.8 Å². The van der Waals surface area contributed by atoms with Crippen molar-refractivity contribution in [2.75, 3.05) is 11.9 Å². The van der Waals surface area contributed by atoms with E-state index in [1.54, 1.807) is 18.2 Å². The second-order valence-electron chi connectivity index (χ2n) is 8.63. The number of benzene rings is 2. The number of aryl methyl sites for hydroxylation is 4. The maximum Gasteiger partial charge on any atom is 0.335 e. The first kappa shape index (κ1) is 25.0. The van der Waals surface area contributed by atoms with Gasteiger partial charge in [-0.2, -0.15) is 0 Å². The molecule has 2 heterocycles. The molecule has 0 saturated carbocycles. The Morgan fingerprint density at radius 1 is 1.00 bits per heavy atom. The zero-order chi connectivity index (χ0) is 26.1. The molecule has 0 bridgehead atoms. The summed E-state index contributed by atoms with van der Waals surface area (Å²) in [5.74, 6) is -1.34. The molecule has 1 aliphatic rings. The Balaban J connectivity index is 1.50. The molecule has 1 aromatic heterocycles. The molecule has 2 N–H and O–H groups in total. The van der Waals surface area contributed by atoms with Gasteiger partial charge in [0.15, 0.2) is 0 Å². The normalized spacial score (nSPS) is 14.6. The highest BCUT2D eigenvalue weighted by molar-refractivity contribution is 8.18. The molecule has 184 valence electrons. The third-order valence-corrected chi connectivity index (χ3v) is 6.67. The number of carboxylic acid groups (broad SMARTS) is 1. The molecule has 36 heavy (non-hydrogen) atoms. The molecule has 0 aliphatic carbocycles. The van der Waals surface area contributed by atoms with Crippen LogP contribution in [0.4, 0.5) is 10.5 Å². The number of nitrogens with one attached hydrogen (secondary N) is 1. The van der Waals surface area contributed by atoms with E-state index >= 15 is 0 Å². The van der Waals surface area contributed by atoms with Gasteiger partial charge in [0.05, 0.1) is 10.5 Å². The number of carbonyl (C=O) groups excluding carboxylic acids is 3. The zero-order valence-electron chi connectivity index (χ0n) is 20.2. The van der Waals surface area contributed by atoms with Gasteiger partial charge in [0, 0.05) is 17.3 Å². The number of thioether (sulfide) groups is 1. The Morgan fingerprint density at radius 2 is 1.69 bits per heavy atom. The number of imide groups is 1. The lowest BCUT2D eigenvalue weighted by Gasteiger charge is -2.15. The van der Waals surface area contributed by atoms with E-state index in [4.69, 9.17) is 4.42 Å². The van der Waals surface area contributed by atoms with Crippen LogP contribution in [-0.2, 0) is 9.59 Å². The van der Waals surface area contributed by atoms with Crippen LogP contribution in [0, 0.1) is 27.7 Å². The third kappa shape index (κ3) is 5.11. The van der Waals surface area contributed by atoms with Crippen molar-refractivity contribution in [1.29, 1.82) is 0 Å². The number of nitrogens with zero attached hydrogens (tertiary/aromatic N) is 1. The van der Waals surface area contributed by atoms with Crippen molar-refractivity contribution in [2.24, 2.45) is 0 Å². The van der Waals surface area contributed by atoms with Crippen LogP contribution in [0.3, 0.4) is 0 Å². The van der Waals surface area contributed by atoms with Crippen LogP contribution in [0.5, 0.6) is 0 Å². The predicted octanol–water partition coefficient (Wildman–Crippen LogP) is 5.55. The van der Waals surface area contributed by atoms with Gasteiger partial charge in [-0.25, -0.2) is 4.79 Å². The van der Waals surface area contributed by atoms with Gasteiger partial charge in [-0.3, -0.25) is 19.3 Å². The molecule has 0 spiro atoms. The van der Waals surface area contributed by atoms with Crippen molar-refractivity contribution in [3.8, 4) is 11.3 Å². The monoisotopic (exact) mass is 504 g/mol. The molecule has 2 aromatic carbocycles. The van der Waals surface area contributed by atoms with E-state index in [9.17, 15) is 24.3 Å². The molecule has 8 nitrogen and oxygen atoms in total. The molecule has 0 atom stereocenters. The highest BCUT2D eigenvalue weighted by Crippen LogP contribution is 2.34. The summed E-state index contributed by atoms with van der Waals surface area (Å²) in [6.07, 6.45) is 1.44. The van der Waals surface area contributed by atoms with Gasteiger partial charge in [0.25, 0.3) is 11.1 Å². The molecule has 4 rings (SSSR count). The van der Waals surface area contributed by atoms with Gasteiger partial charge < -0.3 is 14.8 Å². The molecule has 1 saturated heterocycles. The summed E-state index contributed by atoms with van der Waals surface area (Å²) in [5, 5.41) is 11.5. The van der Waals surface area contributed by atoms with Gasteiger partial charge in [-0.1, -0.05) is 23.8 Å². The summed E-state index contributed by atoms with van der Waals surface area (Å²) in [6, 6.07) is 11.9. The number of anilines is 1. The first-order chi connectivity index (χ1) is 17.0. The van der Waals surface area contributed by atoms with Crippen LogP contribution in [0.1, 0.15) is 38.4 Å². The summed E-state index contributed by atoms with van der Waals surface area (Å²) < 4.78 is 5.82. The van der Waals surface area contributed by atoms with E-state index in [0.717, 1.165) is 38.9 Å². The average Bonchev–Trinajstić information content (AvgIpc) is 3.36. The molecule has 3 amide bonds. The summed E-state index contributed by atoms with van der Waals surface area (Å²) in [7, 11) is 0. The highest BCUT2D eigenvalue weighted by atomic mass is 32.2. The Kier molecular flexibility index (Phi) is 6.85. The van der Waals surface area contributed by atoms with Crippen LogP contribution < -0.4 is 5.32 Å². The zero-order valence-corrected chi connectivity index (χ0v) is 21.0. The maximum absolute atomic E-state index is 12.9. The van der Waals surface area contributed by atoms with Crippen molar-refractivity contribution in [1.82, 2.24) is 4.90 Å². The fourth-order valence-electron chi connectivity index (χ4n) is 4.06. The van der Waals surface area contributed by atoms with Gasteiger partial charge in [-0.15, -0.1) is 0 Å². The first-order valence-corrected chi connectivity index (χ1v) is 11.9. The number of rotatable bonds is 6. The number of carbonyl (C=O) groups is 4. The third-order valence-electron chi connectivity index (χ3n) is 5.77. The number of amides is 3. The highest BCUT2D eigenvalue weighted by Gasteiger charge is 2.36. The van der Waals surface area contributed by atoms with Crippen molar-refractivity contribution in [3.63, 3.8) is 0 Å². The summed E-state index contributed by atoms with van der Waals surface area (Å²) in [4.78, 5) is 50.3. The molecule has 1 aliphatic heterocycles. The van der Waals surface area contributed by atoms with E-state index in [-0.39, 0.29) is 10.5 Å². The summed E-state index contributed by atoms with van der Waals surface area (Å²) in [5.41, 5.74) is 5.10. The smallest absolute Gasteiger partial charge is 0.335 e. The van der Waals surface area contributed by atoms with Crippen LogP contribution in [-0.4, -0.2) is 39.6 Å². The van der Waals surface area contributed by atoms with Crippen molar-refractivity contribution < 1.29 is 28.7 Å². The van der Waals surface area contributed by atoms with Crippen molar-refractivity contribution in [3.05, 3.63) is 80.9 Å². The Bertz CT molecular complexity index is 1430. The van der Waals surface area contributed by atoms with Gasteiger partial charge in [0.1, 0.15) is 18.1 Å². The number of hydrogen-bond donors (Lipinski definition) is 2. The maximum atomic E-state index is 12.9. The van der Waals surface area contributed by atoms with Crippen LogP contribution in [0.2, 0.25) is 0 Å². The predicted molar refractivity (Wildman–Crippen MR) is 138 cm³/mol. The molecule has 3 aromatic rings. The lowest BCUT2D eigenvalue weighted by molar-refractivity contribution is -0.127. The summed E-state index contributed by atoms with van der Waals surface area (Å²) in [6.45, 7) is 7.16. The van der Waals surface area contributed by atoms with E-state index in [1.165, 1.54) is 18.2 Å². The van der Waals surface area contributed by atoms with Gasteiger partial charge in [0.2, 0.25) is 5.91 Å². The SMILES string of the molecule is Cc1cc(C)c(NC(=O)CN2C(=O)S/C(=C\c3ccc(-c4cc(C(=O)O)ccc4C)o3)C2=O)c(C)c1. The van der Waals surface area contributed by atoms with Crippen LogP contribution >= 0.6 is 11.8 Å². The van der Waals surface area contributed by atoms with E-state index in [0.29, 0.717) is 22.8 Å². The number of carboxylic acids is 1. The standard InChI is InChI=1S/C27H24N2O6S/c1-14-9-16(3)24(17(4)10-14)28-23(30)13-29-25(31)22(36-27(29)34)12-19-7-8-21(35-19)20-11-18(26(32)33)6-5-15(20)2/h5-12H,13H2,1-4H3,(H,28,30)(H,32,33)/b22-12-. The number of furan rings is 1. The molecule has 9 heteroatoms. The lowest BCUT2D eigenvalue weighted by Crippen LogP contribution is -2.36. The largest absolute Gasteiger partial charge is 0.478 e. The number of hydrogen-bond acceptors (Lipinski definition) is 6. The fourth-order valence-corrected chi connectivity index (χ4v) is 4.88. The van der Waals surface area contributed by atoms with E-state index in [2.05, 4.69) is 5.32 Å². The minimum absolute atomic E-state index is 0.129.